The predicted octanol–water partition coefficient (Wildman–Crippen LogP) is 2.98. The highest BCUT2D eigenvalue weighted by atomic mass is 79.9. The van der Waals surface area contributed by atoms with E-state index in [1.165, 1.54) is 37.6 Å². The summed E-state index contributed by atoms with van der Waals surface area (Å²) in [7, 11) is -3.10. The van der Waals surface area contributed by atoms with Crippen molar-refractivity contribution >= 4 is 31.5 Å². The molecule has 3 nitrogen and oxygen atoms in total. The number of piperidine rings is 1. The SMILES string of the molecule is CS(=O)(=O)c1ccc(N2C3CCC2CC(Br)C3)cc1. The van der Waals surface area contributed by atoms with Gasteiger partial charge < -0.3 is 4.90 Å². The maximum absolute atomic E-state index is 11.5. The Morgan fingerprint density at radius 1 is 1.11 bits per heavy atom. The summed E-state index contributed by atoms with van der Waals surface area (Å²) in [5.74, 6) is 0. The number of hydrogen-bond acceptors (Lipinski definition) is 3. The van der Waals surface area contributed by atoms with Crippen LogP contribution in [0.2, 0.25) is 0 Å². The molecule has 0 aliphatic carbocycles. The van der Waals surface area contributed by atoms with E-state index >= 15 is 0 Å². The maximum Gasteiger partial charge on any atom is 0.175 e. The van der Waals surface area contributed by atoms with Gasteiger partial charge >= 0.3 is 0 Å². The van der Waals surface area contributed by atoms with Crippen LogP contribution < -0.4 is 4.90 Å². The van der Waals surface area contributed by atoms with Gasteiger partial charge in [0.25, 0.3) is 0 Å². The fourth-order valence-electron chi connectivity index (χ4n) is 3.40. The van der Waals surface area contributed by atoms with E-state index in [0.717, 1.165) is 0 Å². The number of alkyl halides is 1. The van der Waals surface area contributed by atoms with Crippen LogP contribution in [0.4, 0.5) is 5.69 Å². The van der Waals surface area contributed by atoms with Crippen molar-refractivity contribution < 1.29 is 8.42 Å². The number of hydrogen-bond donors (Lipinski definition) is 0. The van der Waals surface area contributed by atoms with Gasteiger partial charge in [0.2, 0.25) is 0 Å². The highest BCUT2D eigenvalue weighted by Gasteiger charge is 2.39. The number of fused-ring (bicyclic) bond motifs is 2. The second kappa shape index (κ2) is 4.77. The van der Waals surface area contributed by atoms with Gasteiger partial charge in [0.05, 0.1) is 4.90 Å². The minimum Gasteiger partial charge on any atom is -0.365 e. The van der Waals surface area contributed by atoms with Gasteiger partial charge in [-0.3, -0.25) is 0 Å². The van der Waals surface area contributed by atoms with Crippen molar-refractivity contribution in [2.24, 2.45) is 0 Å². The number of anilines is 1. The molecule has 2 heterocycles. The molecule has 0 spiro atoms. The van der Waals surface area contributed by atoms with Crippen LogP contribution in [0.3, 0.4) is 0 Å². The first kappa shape index (κ1) is 13.4. The summed E-state index contributed by atoms with van der Waals surface area (Å²) in [6, 6.07) is 8.57. The van der Waals surface area contributed by atoms with Crippen LogP contribution in [0.5, 0.6) is 0 Å². The Balaban J connectivity index is 1.88. The molecule has 1 aromatic rings. The van der Waals surface area contributed by atoms with Gasteiger partial charge in [-0.2, -0.15) is 0 Å². The van der Waals surface area contributed by atoms with Gasteiger partial charge in [0.1, 0.15) is 0 Å². The molecule has 2 aliphatic rings. The van der Waals surface area contributed by atoms with E-state index in [-0.39, 0.29) is 0 Å². The van der Waals surface area contributed by atoms with Crippen molar-refractivity contribution in [3.8, 4) is 0 Å². The van der Waals surface area contributed by atoms with Crippen LogP contribution in [0.25, 0.3) is 0 Å². The summed E-state index contributed by atoms with van der Waals surface area (Å²) >= 11 is 3.74. The van der Waals surface area contributed by atoms with Crippen LogP contribution in [-0.4, -0.2) is 31.6 Å². The Morgan fingerprint density at radius 2 is 1.63 bits per heavy atom. The molecule has 0 saturated carbocycles. The first-order valence-electron chi connectivity index (χ1n) is 6.67. The Kier molecular flexibility index (Phi) is 3.38. The van der Waals surface area contributed by atoms with E-state index in [0.29, 0.717) is 21.8 Å². The molecule has 5 heteroatoms. The lowest BCUT2D eigenvalue weighted by Crippen LogP contribution is -2.43. The Hall–Kier alpha value is -0.550. The number of sulfone groups is 1. The lowest BCUT2D eigenvalue weighted by molar-refractivity contribution is 0.483. The number of nitrogens with zero attached hydrogens (tertiary/aromatic N) is 1. The Labute approximate surface area is 123 Å². The van der Waals surface area contributed by atoms with Gasteiger partial charge in [0.15, 0.2) is 9.84 Å². The number of benzene rings is 1. The molecule has 2 fully saturated rings. The van der Waals surface area contributed by atoms with Gasteiger partial charge in [0, 0.05) is 28.9 Å². The van der Waals surface area contributed by atoms with Gasteiger partial charge in [-0.25, -0.2) is 8.42 Å². The molecule has 19 heavy (non-hydrogen) atoms. The topological polar surface area (TPSA) is 37.4 Å². The van der Waals surface area contributed by atoms with Crippen LogP contribution >= 0.6 is 15.9 Å². The molecule has 2 atom stereocenters. The van der Waals surface area contributed by atoms with Crippen LogP contribution in [0.1, 0.15) is 25.7 Å². The number of halogens is 1. The van der Waals surface area contributed by atoms with Crippen molar-refractivity contribution in [2.45, 2.75) is 47.5 Å². The van der Waals surface area contributed by atoms with E-state index in [1.54, 1.807) is 12.1 Å². The Morgan fingerprint density at radius 3 is 2.11 bits per heavy atom. The second-order valence-electron chi connectivity index (χ2n) is 5.63. The average molecular weight is 344 g/mol. The minimum atomic E-state index is -3.10. The second-order valence-corrected chi connectivity index (χ2v) is 8.94. The molecule has 2 saturated heterocycles. The molecular formula is C14H18BrNO2S. The van der Waals surface area contributed by atoms with E-state index < -0.39 is 9.84 Å². The summed E-state index contributed by atoms with van der Waals surface area (Å²) < 4.78 is 23.0. The smallest absolute Gasteiger partial charge is 0.175 e. The largest absolute Gasteiger partial charge is 0.365 e. The normalized spacial score (nSPS) is 30.6. The summed E-state index contributed by atoms with van der Waals surface area (Å²) in [6.07, 6.45) is 6.12. The first-order valence-corrected chi connectivity index (χ1v) is 9.48. The summed E-state index contributed by atoms with van der Waals surface area (Å²) in [6.45, 7) is 0. The van der Waals surface area contributed by atoms with Gasteiger partial charge in [-0.05, 0) is 49.9 Å². The molecule has 3 rings (SSSR count). The molecule has 2 unspecified atom stereocenters. The van der Waals surface area contributed by atoms with E-state index in [1.807, 2.05) is 12.1 Å². The predicted molar refractivity (Wildman–Crippen MR) is 80.8 cm³/mol. The standard InChI is InChI=1S/C14H18BrNO2S/c1-19(17,18)14-6-4-11(5-7-14)16-12-2-3-13(16)9-10(15)8-12/h4-7,10,12-13H,2-3,8-9H2,1H3. The van der Waals surface area contributed by atoms with Crippen LogP contribution in [0.15, 0.2) is 29.2 Å². The highest BCUT2D eigenvalue weighted by molar-refractivity contribution is 9.09. The zero-order valence-electron chi connectivity index (χ0n) is 10.9. The zero-order chi connectivity index (χ0) is 13.6. The van der Waals surface area contributed by atoms with E-state index in [4.69, 9.17) is 0 Å². The molecule has 0 amide bonds. The summed E-state index contributed by atoms with van der Waals surface area (Å²) in [4.78, 5) is 3.53. The molecule has 1 aromatic carbocycles. The molecule has 2 bridgehead atoms. The molecule has 0 aromatic heterocycles. The maximum atomic E-state index is 11.5. The average Bonchev–Trinajstić information content (AvgIpc) is 2.61. The molecule has 2 aliphatic heterocycles. The monoisotopic (exact) mass is 343 g/mol. The third-order valence-corrected chi connectivity index (χ3v) is 6.11. The lowest BCUT2D eigenvalue weighted by atomic mass is 10.0. The van der Waals surface area contributed by atoms with Gasteiger partial charge in [-0.15, -0.1) is 0 Å². The van der Waals surface area contributed by atoms with E-state index in [9.17, 15) is 8.42 Å². The first-order chi connectivity index (χ1) is 8.95. The van der Waals surface area contributed by atoms with Gasteiger partial charge in [-0.1, -0.05) is 15.9 Å². The lowest BCUT2D eigenvalue weighted by Gasteiger charge is -2.39. The third-order valence-electron chi connectivity index (χ3n) is 4.24. The highest BCUT2D eigenvalue weighted by Crippen LogP contribution is 2.41. The van der Waals surface area contributed by atoms with Crippen LogP contribution in [0, 0.1) is 0 Å². The molecular weight excluding hydrogens is 326 g/mol. The molecule has 104 valence electrons. The fraction of sp³-hybridized carbons (Fsp3) is 0.571. The third kappa shape index (κ3) is 2.55. The number of rotatable bonds is 2. The fourth-order valence-corrected chi connectivity index (χ4v) is 4.89. The molecule has 0 N–H and O–H groups in total. The van der Waals surface area contributed by atoms with Crippen molar-refractivity contribution in [3.05, 3.63) is 24.3 Å². The van der Waals surface area contributed by atoms with Crippen molar-refractivity contribution in [2.75, 3.05) is 11.2 Å². The quantitative estimate of drug-likeness (QED) is 0.774. The van der Waals surface area contributed by atoms with E-state index in [2.05, 4.69) is 20.8 Å². The van der Waals surface area contributed by atoms with Crippen molar-refractivity contribution in [3.63, 3.8) is 0 Å². The summed E-state index contributed by atoms with van der Waals surface area (Å²) in [5, 5.41) is 0. The van der Waals surface area contributed by atoms with Crippen LogP contribution in [-0.2, 0) is 9.84 Å². The molecule has 0 radical (unpaired) electrons. The minimum absolute atomic E-state index is 0.402. The van der Waals surface area contributed by atoms with Crippen molar-refractivity contribution in [1.82, 2.24) is 0 Å². The zero-order valence-corrected chi connectivity index (χ0v) is 13.3. The Bertz CT molecular complexity index is 556. The van der Waals surface area contributed by atoms with Crippen molar-refractivity contribution in [1.29, 1.82) is 0 Å². The summed E-state index contributed by atoms with van der Waals surface area (Å²) in [5.41, 5.74) is 1.17.